The van der Waals surface area contributed by atoms with E-state index in [1.807, 2.05) is 6.92 Å². The van der Waals surface area contributed by atoms with Gasteiger partial charge in [-0.3, -0.25) is 4.79 Å². The van der Waals surface area contributed by atoms with Crippen molar-refractivity contribution in [1.29, 1.82) is 0 Å². The lowest BCUT2D eigenvalue weighted by molar-refractivity contribution is -0.114. The normalized spacial score (nSPS) is 13.3. The van der Waals surface area contributed by atoms with Gasteiger partial charge in [0.2, 0.25) is 11.8 Å². The second-order valence-electron chi connectivity index (χ2n) is 3.36. The third-order valence-corrected chi connectivity index (χ3v) is 2.33. The first-order chi connectivity index (χ1) is 6.68. The third-order valence-electron chi connectivity index (χ3n) is 2.33. The summed E-state index contributed by atoms with van der Waals surface area (Å²) in [4.78, 5) is 15.0. The molecule has 2 rings (SSSR count). The quantitative estimate of drug-likeness (QED) is 0.729. The molecule has 1 N–H and O–H groups in total. The molecule has 4 heteroatoms. The molecule has 0 fully saturated rings. The molecule has 0 unspecified atom stereocenters. The molecule has 0 saturated heterocycles. The highest BCUT2D eigenvalue weighted by atomic mass is 16.5. The first-order valence-corrected chi connectivity index (χ1v) is 4.57. The molecule has 0 bridgehead atoms. The summed E-state index contributed by atoms with van der Waals surface area (Å²) in [6.45, 7) is 4.15. The van der Waals surface area contributed by atoms with Gasteiger partial charge in [-0.2, -0.15) is 0 Å². The minimum Gasteiger partial charge on any atom is -0.477 e. The first-order valence-electron chi connectivity index (χ1n) is 4.57. The molecule has 0 atom stereocenters. The summed E-state index contributed by atoms with van der Waals surface area (Å²) >= 11 is 0. The van der Waals surface area contributed by atoms with E-state index < -0.39 is 0 Å². The largest absolute Gasteiger partial charge is 0.477 e. The fourth-order valence-corrected chi connectivity index (χ4v) is 1.61. The van der Waals surface area contributed by atoms with E-state index in [9.17, 15) is 4.79 Å². The Hall–Kier alpha value is -1.58. The number of aromatic nitrogens is 1. The highest BCUT2D eigenvalue weighted by Crippen LogP contribution is 2.29. The Labute approximate surface area is 82.3 Å². The number of amides is 1. The summed E-state index contributed by atoms with van der Waals surface area (Å²) < 4.78 is 5.32. The minimum absolute atomic E-state index is 0.0752. The number of ether oxygens (including phenoxy) is 1. The molecule has 0 radical (unpaired) electrons. The summed E-state index contributed by atoms with van der Waals surface area (Å²) in [5, 5.41) is 2.75. The molecule has 0 saturated carbocycles. The molecular formula is C10H12N2O2. The maximum Gasteiger partial charge on any atom is 0.221 e. The first kappa shape index (κ1) is 8.99. The van der Waals surface area contributed by atoms with E-state index >= 15 is 0 Å². The van der Waals surface area contributed by atoms with Gasteiger partial charge in [0, 0.05) is 18.9 Å². The van der Waals surface area contributed by atoms with Crippen molar-refractivity contribution in [2.24, 2.45) is 0 Å². The molecule has 14 heavy (non-hydrogen) atoms. The van der Waals surface area contributed by atoms with Gasteiger partial charge < -0.3 is 10.1 Å². The van der Waals surface area contributed by atoms with Crippen molar-refractivity contribution in [2.45, 2.75) is 20.3 Å². The maximum atomic E-state index is 10.9. The second kappa shape index (κ2) is 3.29. The summed E-state index contributed by atoms with van der Waals surface area (Å²) in [5.41, 5.74) is 2.95. The standard InChI is InChI=1S/C10H12N2O2/c1-6-8-3-4-14-10(8)11-5-9(6)12-7(2)13/h5H,3-4H2,1-2H3,(H,12,13). The second-order valence-corrected chi connectivity index (χ2v) is 3.36. The van der Waals surface area contributed by atoms with E-state index in [1.54, 1.807) is 6.20 Å². The summed E-state index contributed by atoms with van der Waals surface area (Å²) in [5.74, 6) is 0.630. The van der Waals surface area contributed by atoms with Gasteiger partial charge in [-0.15, -0.1) is 0 Å². The fourth-order valence-electron chi connectivity index (χ4n) is 1.61. The van der Waals surface area contributed by atoms with Gasteiger partial charge in [0.25, 0.3) is 0 Å². The summed E-state index contributed by atoms with van der Waals surface area (Å²) in [6, 6.07) is 0. The monoisotopic (exact) mass is 192 g/mol. The van der Waals surface area contributed by atoms with Gasteiger partial charge in [0.1, 0.15) is 0 Å². The van der Waals surface area contributed by atoms with Crippen molar-refractivity contribution in [3.63, 3.8) is 0 Å². The van der Waals surface area contributed by atoms with Gasteiger partial charge >= 0.3 is 0 Å². The number of hydrogen-bond donors (Lipinski definition) is 1. The van der Waals surface area contributed by atoms with E-state index in [0.29, 0.717) is 12.5 Å². The van der Waals surface area contributed by atoms with Gasteiger partial charge in [0.15, 0.2) is 0 Å². The lowest BCUT2D eigenvalue weighted by Gasteiger charge is -2.08. The Kier molecular flexibility index (Phi) is 2.11. The van der Waals surface area contributed by atoms with Crippen LogP contribution in [0, 0.1) is 6.92 Å². The van der Waals surface area contributed by atoms with Crippen LogP contribution in [0.5, 0.6) is 5.88 Å². The van der Waals surface area contributed by atoms with Crippen molar-refractivity contribution in [3.05, 3.63) is 17.3 Å². The number of carbonyl (C=O) groups is 1. The molecule has 1 aromatic heterocycles. The Bertz CT molecular complexity index is 388. The van der Waals surface area contributed by atoms with Gasteiger partial charge in [-0.05, 0) is 12.5 Å². The lowest BCUT2D eigenvalue weighted by atomic mass is 10.1. The molecule has 1 aromatic rings. The Morgan fingerprint density at radius 3 is 3.14 bits per heavy atom. The lowest BCUT2D eigenvalue weighted by Crippen LogP contribution is -2.08. The molecule has 0 aromatic carbocycles. The summed E-state index contributed by atoms with van der Waals surface area (Å²) in [7, 11) is 0. The topological polar surface area (TPSA) is 51.2 Å². The highest BCUT2D eigenvalue weighted by molar-refractivity contribution is 5.89. The van der Waals surface area contributed by atoms with Crippen molar-refractivity contribution in [3.8, 4) is 5.88 Å². The van der Waals surface area contributed by atoms with Crippen LogP contribution in [0.1, 0.15) is 18.1 Å². The van der Waals surface area contributed by atoms with Crippen LogP contribution in [0.25, 0.3) is 0 Å². The van der Waals surface area contributed by atoms with Crippen LogP contribution in [0.15, 0.2) is 6.20 Å². The number of anilines is 1. The van der Waals surface area contributed by atoms with E-state index in [1.165, 1.54) is 6.92 Å². The van der Waals surface area contributed by atoms with Gasteiger partial charge in [0.05, 0.1) is 18.5 Å². The zero-order valence-corrected chi connectivity index (χ0v) is 8.26. The number of rotatable bonds is 1. The number of hydrogen-bond acceptors (Lipinski definition) is 3. The zero-order valence-electron chi connectivity index (χ0n) is 8.26. The van der Waals surface area contributed by atoms with Crippen LogP contribution < -0.4 is 10.1 Å². The predicted molar refractivity (Wildman–Crippen MR) is 52.5 cm³/mol. The van der Waals surface area contributed by atoms with Crippen molar-refractivity contribution in [2.75, 3.05) is 11.9 Å². The number of fused-ring (bicyclic) bond motifs is 1. The Balaban J connectivity index is 2.39. The smallest absolute Gasteiger partial charge is 0.221 e. The van der Waals surface area contributed by atoms with Gasteiger partial charge in [-0.25, -0.2) is 4.98 Å². The van der Waals surface area contributed by atoms with Crippen molar-refractivity contribution >= 4 is 11.6 Å². The van der Waals surface area contributed by atoms with E-state index in [2.05, 4.69) is 10.3 Å². The van der Waals surface area contributed by atoms with Gasteiger partial charge in [-0.1, -0.05) is 0 Å². The number of nitrogens with one attached hydrogen (secondary N) is 1. The predicted octanol–water partition coefficient (Wildman–Crippen LogP) is 1.28. The number of carbonyl (C=O) groups excluding carboxylic acids is 1. The molecule has 1 aliphatic heterocycles. The molecule has 2 heterocycles. The van der Waals surface area contributed by atoms with Crippen LogP contribution in [0.4, 0.5) is 5.69 Å². The molecule has 4 nitrogen and oxygen atoms in total. The Morgan fingerprint density at radius 2 is 2.43 bits per heavy atom. The molecule has 1 amide bonds. The average Bonchev–Trinajstić information content (AvgIpc) is 2.57. The fraction of sp³-hybridized carbons (Fsp3) is 0.400. The van der Waals surface area contributed by atoms with Crippen LogP contribution in [0.2, 0.25) is 0 Å². The average molecular weight is 192 g/mol. The van der Waals surface area contributed by atoms with E-state index in [0.717, 1.165) is 23.2 Å². The van der Waals surface area contributed by atoms with Crippen molar-refractivity contribution in [1.82, 2.24) is 4.98 Å². The van der Waals surface area contributed by atoms with E-state index in [4.69, 9.17) is 4.74 Å². The SMILES string of the molecule is CC(=O)Nc1cnc2c(c1C)CCO2. The van der Waals surface area contributed by atoms with E-state index in [-0.39, 0.29) is 5.91 Å². The highest BCUT2D eigenvalue weighted by Gasteiger charge is 2.18. The molecule has 74 valence electrons. The van der Waals surface area contributed by atoms with Crippen molar-refractivity contribution < 1.29 is 9.53 Å². The number of pyridine rings is 1. The number of nitrogens with zero attached hydrogens (tertiary/aromatic N) is 1. The van der Waals surface area contributed by atoms with Crippen LogP contribution in [-0.4, -0.2) is 17.5 Å². The minimum atomic E-state index is -0.0752. The zero-order chi connectivity index (χ0) is 10.1. The molecular weight excluding hydrogens is 180 g/mol. The Morgan fingerprint density at radius 1 is 1.64 bits per heavy atom. The molecule has 0 spiro atoms. The van der Waals surface area contributed by atoms with Crippen LogP contribution in [-0.2, 0) is 11.2 Å². The van der Waals surface area contributed by atoms with Crippen LogP contribution in [0.3, 0.4) is 0 Å². The third kappa shape index (κ3) is 1.43. The van der Waals surface area contributed by atoms with Crippen LogP contribution >= 0.6 is 0 Å². The molecule has 0 aliphatic carbocycles. The maximum absolute atomic E-state index is 10.9. The molecule has 1 aliphatic rings. The summed E-state index contributed by atoms with van der Waals surface area (Å²) in [6.07, 6.45) is 2.52.